The van der Waals surface area contributed by atoms with Crippen molar-refractivity contribution in [1.29, 1.82) is 0 Å². The molecule has 6 nitrogen and oxygen atoms in total. The van der Waals surface area contributed by atoms with Gasteiger partial charge in [0.2, 0.25) is 0 Å². The molecule has 0 saturated carbocycles. The van der Waals surface area contributed by atoms with Crippen molar-refractivity contribution in [3.63, 3.8) is 0 Å². The van der Waals surface area contributed by atoms with Crippen LogP contribution in [0.25, 0.3) is 0 Å². The molecular weight excluding hydrogens is 222 g/mol. The molecule has 0 aromatic carbocycles. The van der Waals surface area contributed by atoms with Crippen LogP contribution in [0, 0.1) is 0 Å². The topological polar surface area (TPSA) is 98.1 Å². The minimum atomic E-state index is -3.91. The van der Waals surface area contributed by atoms with Crippen LogP contribution in [0.2, 0.25) is 0 Å². The van der Waals surface area contributed by atoms with E-state index in [0.717, 1.165) is 0 Å². The zero-order valence-corrected chi connectivity index (χ0v) is 9.81. The van der Waals surface area contributed by atoms with E-state index in [9.17, 15) is 18.6 Å². The van der Waals surface area contributed by atoms with E-state index in [0.29, 0.717) is 19.4 Å². The molecule has 0 aliphatic heterocycles. The average molecular weight is 241 g/mol. The molecule has 7 heteroatoms. The smallest absolute Gasteiger partial charge is 0.264 e. The van der Waals surface area contributed by atoms with E-state index in [1.165, 1.54) is 18.7 Å². The summed E-state index contributed by atoms with van der Waals surface area (Å²) >= 11 is 0. The van der Waals surface area contributed by atoms with Crippen molar-refractivity contribution in [2.45, 2.75) is 39.1 Å². The molecule has 0 rings (SSSR count). The third-order valence-electron chi connectivity index (χ3n) is 2.03. The number of unbranched alkanes of at least 4 members (excludes halogenated alkanes) is 1. The van der Waals surface area contributed by atoms with Gasteiger partial charge in [0.25, 0.3) is 10.1 Å². The molecule has 0 aromatic heterocycles. The van der Waals surface area contributed by atoms with Gasteiger partial charge in [0.1, 0.15) is 12.5 Å². The standard InChI is InChI=1S/C8H19NO5S/c1-7(10)9(8(2)11)5-3-4-6-15(12,13)14/h7-8,10-11H,3-6H2,1-2H3,(H,12,13,14). The predicted octanol–water partition coefficient (Wildman–Crippen LogP) is -0.367. The van der Waals surface area contributed by atoms with Gasteiger partial charge in [-0.1, -0.05) is 0 Å². The van der Waals surface area contributed by atoms with E-state index in [-0.39, 0.29) is 5.75 Å². The molecule has 0 heterocycles. The molecule has 15 heavy (non-hydrogen) atoms. The summed E-state index contributed by atoms with van der Waals surface area (Å²) in [6.45, 7) is 3.43. The molecule has 0 bridgehead atoms. The number of hydrogen-bond donors (Lipinski definition) is 3. The molecule has 3 N–H and O–H groups in total. The zero-order valence-electron chi connectivity index (χ0n) is 9.00. The number of nitrogens with zero attached hydrogens (tertiary/aromatic N) is 1. The Morgan fingerprint density at radius 2 is 1.60 bits per heavy atom. The van der Waals surface area contributed by atoms with Crippen molar-refractivity contribution in [3.05, 3.63) is 0 Å². The Labute approximate surface area is 90.3 Å². The van der Waals surface area contributed by atoms with Crippen LogP contribution in [0.1, 0.15) is 26.7 Å². The Morgan fingerprint density at radius 3 is 1.93 bits per heavy atom. The van der Waals surface area contributed by atoms with Gasteiger partial charge in [-0.15, -0.1) is 0 Å². The SMILES string of the molecule is CC(O)N(CCCCS(=O)(=O)O)C(C)O. The fourth-order valence-electron chi connectivity index (χ4n) is 1.26. The van der Waals surface area contributed by atoms with Crippen LogP contribution >= 0.6 is 0 Å². The normalized spacial score (nSPS) is 16.7. The molecule has 0 spiro atoms. The quantitative estimate of drug-likeness (QED) is 0.320. The summed E-state index contributed by atoms with van der Waals surface area (Å²) < 4.78 is 29.2. The largest absolute Gasteiger partial charge is 0.379 e. The third-order valence-corrected chi connectivity index (χ3v) is 2.83. The van der Waals surface area contributed by atoms with E-state index >= 15 is 0 Å². The Kier molecular flexibility index (Phi) is 6.30. The fraction of sp³-hybridized carbons (Fsp3) is 1.00. The van der Waals surface area contributed by atoms with Gasteiger partial charge in [0.15, 0.2) is 0 Å². The second-order valence-electron chi connectivity index (χ2n) is 3.49. The number of rotatable bonds is 7. The lowest BCUT2D eigenvalue weighted by Gasteiger charge is -2.27. The first-order valence-electron chi connectivity index (χ1n) is 4.81. The average Bonchev–Trinajstić information content (AvgIpc) is 2.00. The van der Waals surface area contributed by atoms with Crippen molar-refractivity contribution < 1.29 is 23.2 Å². The monoisotopic (exact) mass is 241 g/mol. The van der Waals surface area contributed by atoms with Crippen LogP contribution < -0.4 is 0 Å². The Hall–Kier alpha value is -0.210. The minimum absolute atomic E-state index is 0.291. The van der Waals surface area contributed by atoms with E-state index in [4.69, 9.17) is 4.55 Å². The first kappa shape index (κ1) is 14.8. The minimum Gasteiger partial charge on any atom is -0.379 e. The van der Waals surface area contributed by atoms with Crippen molar-refractivity contribution in [2.75, 3.05) is 12.3 Å². The lowest BCUT2D eigenvalue weighted by Crippen LogP contribution is -2.40. The highest BCUT2D eigenvalue weighted by molar-refractivity contribution is 7.85. The Bertz CT molecular complexity index is 254. The molecule has 92 valence electrons. The molecule has 0 amide bonds. The van der Waals surface area contributed by atoms with Gasteiger partial charge in [0, 0.05) is 6.54 Å². The molecule has 0 radical (unpaired) electrons. The molecule has 0 aliphatic rings. The van der Waals surface area contributed by atoms with Crippen LogP contribution in [-0.4, -0.2) is 52.8 Å². The third kappa shape index (κ3) is 7.69. The fourth-order valence-corrected chi connectivity index (χ4v) is 1.83. The maximum Gasteiger partial charge on any atom is 0.264 e. The Balaban J connectivity index is 3.83. The number of hydrogen-bond acceptors (Lipinski definition) is 5. The lowest BCUT2D eigenvalue weighted by molar-refractivity contribution is -0.0842. The number of aliphatic hydroxyl groups excluding tert-OH is 2. The molecule has 2 unspecified atom stereocenters. The maximum absolute atomic E-state index is 10.4. The summed E-state index contributed by atoms with van der Waals surface area (Å²) in [6.07, 6.45) is -0.781. The second-order valence-corrected chi connectivity index (χ2v) is 5.07. The summed E-state index contributed by atoms with van der Waals surface area (Å²) in [5.74, 6) is -0.291. The molecule has 0 aliphatic carbocycles. The highest BCUT2D eigenvalue weighted by atomic mass is 32.2. The molecular formula is C8H19NO5S. The Morgan fingerprint density at radius 1 is 1.13 bits per heavy atom. The van der Waals surface area contributed by atoms with Gasteiger partial charge in [-0.2, -0.15) is 8.42 Å². The van der Waals surface area contributed by atoms with Crippen molar-refractivity contribution in [2.24, 2.45) is 0 Å². The summed E-state index contributed by atoms with van der Waals surface area (Å²) in [6, 6.07) is 0. The predicted molar refractivity (Wildman–Crippen MR) is 55.7 cm³/mol. The van der Waals surface area contributed by atoms with Crippen LogP contribution in [0.15, 0.2) is 0 Å². The van der Waals surface area contributed by atoms with E-state index in [2.05, 4.69) is 0 Å². The molecule has 0 saturated heterocycles. The van der Waals surface area contributed by atoms with Crippen LogP contribution in [-0.2, 0) is 10.1 Å². The second kappa shape index (κ2) is 6.39. The molecule has 0 aromatic rings. The summed E-state index contributed by atoms with van der Waals surface area (Å²) in [5, 5.41) is 18.5. The number of aliphatic hydroxyl groups is 2. The van der Waals surface area contributed by atoms with Crippen molar-refractivity contribution >= 4 is 10.1 Å². The first-order valence-corrected chi connectivity index (χ1v) is 6.42. The van der Waals surface area contributed by atoms with E-state index < -0.39 is 22.6 Å². The summed E-state index contributed by atoms with van der Waals surface area (Å²) in [7, 11) is -3.91. The first-order chi connectivity index (χ1) is 6.74. The van der Waals surface area contributed by atoms with Crippen LogP contribution in [0.5, 0.6) is 0 Å². The van der Waals surface area contributed by atoms with Gasteiger partial charge >= 0.3 is 0 Å². The highest BCUT2D eigenvalue weighted by Gasteiger charge is 2.15. The van der Waals surface area contributed by atoms with Gasteiger partial charge in [-0.3, -0.25) is 9.45 Å². The van der Waals surface area contributed by atoms with Crippen molar-refractivity contribution in [3.8, 4) is 0 Å². The lowest BCUT2D eigenvalue weighted by atomic mass is 10.3. The van der Waals surface area contributed by atoms with E-state index in [1.807, 2.05) is 0 Å². The zero-order chi connectivity index (χ0) is 12.1. The van der Waals surface area contributed by atoms with Gasteiger partial charge < -0.3 is 10.2 Å². The molecule has 0 fully saturated rings. The maximum atomic E-state index is 10.4. The van der Waals surface area contributed by atoms with Gasteiger partial charge in [-0.05, 0) is 26.7 Å². The summed E-state index contributed by atoms with van der Waals surface area (Å²) in [5.41, 5.74) is 0. The highest BCUT2D eigenvalue weighted by Crippen LogP contribution is 2.04. The van der Waals surface area contributed by atoms with Crippen molar-refractivity contribution in [1.82, 2.24) is 4.90 Å². The van der Waals surface area contributed by atoms with Crippen LogP contribution in [0.4, 0.5) is 0 Å². The van der Waals surface area contributed by atoms with Crippen LogP contribution in [0.3, 0.4) is 0 Å². The van der Waals surface area contributed by atoms with Gasteiger partial charge in [-0.25, -0.2) is 0 Å². The van der Waals surface area contributed by atoms with E-state index in [1.54, 1.807) is 0 Å². The molecule has 2 atom stereocenters. The summed E-state index contributed by atoms with van der Waals surface area (Å²) in [4.78, 5) is 1.42. The van der Waals surface area contributed by atoms with Gasteiger partial charge in [0.05, 0.1) is 5.75 Å².